The van der Waals surface area contributed by atoms with Gasteiger partial charge < -0.3 is 9.67 Å². The molecule has 4 aromatic rings. The van der Waals surface area contributed by atoms with Gasteiger partial charge in [-0.2, -0.15) is 0 Å². The number of para-hydroxylation sites is 1. The van der Waals surface area contributed by atoms with E-state index in [-0.39, 0.29) is 12.2 Å². The Morgan fingerprint density at radius 2 is 1.77 bits per heavy atom. The van der Waals surface area contributed by atoms with Gasteiger partial charge in [0.2, 0.25) is 0 Å². The Hall–Kier alpha value is -3.66. The van der Waals surface area contributed by atoms with Gasteiger partial charge in [-0.3, -0.25) is 4.79 Å². The van der Waals surface area contributed by atoms with E-state index in [9.17, 15) is 14.3 Å². The van der Waals surface area contributed by atoms with Crippen LogP contribution in [-0.4, -0.2) is 15.6 Å². The van der Waals surface area contributed by atoms with Crippen molar-refractivity contribution in [1.82, 2.24) is 4.57 Å². The smallest absolute Gasteiger partial charge is 0.307 e. The number of allylic oxidation sites excluding steroid dienone is 2. The van der Waals surface area contributed by atoms with Gasteiger partial charge in [0.05, 0.1) is 6.42 Å². The first-order chi connectivity index (χ1) is 15.0. The molecule has 0 saturated heterocycles. The van der Waals surface area contributed by atoms with Gasteiger partial charge in [-0.05, 0) is 83.7 Å². The third-order valence-corrected chi connectivity index (χ3v) is 6.21. The van der Waals surface area contributed by atoms with E-state index < -0.39 is 5.97 Å². The van der Waals surface area contributed by atoms with Gasteiger partial charge in [0.1, 0.15) is 5.82 Å². The van der Waals surface area contributed by atoms with E-state index in [1.807, 2.05) is 6.92 Å². The molecule has 1 N–H and O–H groups in total. The van der Waals surface area contributed by atoms with Crippen molar-refractivity contribution < 1.29 is 14.3 Å². The molecule has 5 rings (SSSR count). The van der Waals surface area contributed by atoms with Crippen LogP contribution >= 0.6 is 0 Å². The molecule has 0 unspecified atom stereocenters. The summed E-state index contributed by atoms with van der Waals surface area (Å²) in [6.45, 7) is 4.96. The van der Waals surface area contributed by atoms with Gasteiger partial charge in [-0.15, -0.1) is 0 Å². The normalized spacial score (nSPS) is 14.7. The number of carbonyl (C=O) groups is 1. The highest BCUT2D eigenvalue weighted by molar-refractivity contribution is 6.11. The topological polar surface area (TPSA) is 42.2 Å². The van der Waals surface area contributed by atoms with Crippen LogP contribution in [0.4, 0.5) is 4.39 Å². The number of hydrogen-bond donors (Lipinski definition) is 1. The molecule has 3 nitrogen and oxygen atoms in total. The zero-order valence-electron chi connectivity index (χ0n) is 17.4. The molecule has 0 fully saturated rings. The molecule has 0 spiro atoms. The fourth-order valence-corrected chi connectivity index (χ4v) is 4.80. The van der Waals surface area contributed by atoms with Crippen LogP contribution in [0, 0.1) is 5.82 Å². The van der Waals surface area contributed by atoms with Crippen molar-refractivity contribution in [2.45, 2.75) is 26.8 Å². The summed E-state index contributed by atoms with van der Waals surface area (Å²) in [4.78, 5) is 11.4. The second-order valence-corrected chi connectivity index (χ2v) is 7.96. The lowest BCUT2D eigenvalue weighted by atomic mass is 9.99. The lowest BCUT2D eigenvalue weighted by Crippen LogP contribution is -1.97. The van der Waals surface area contributed by atoms with Crippen LogP contribution in [0.15, 0.2) is 66.2 Å². The van der Waals surface area contributed by atoms with E-state index in [4.69, 9.17) is 0 Å². The van der Waals surface area contributed by atoms with Crippen molar-refractivity contribution in [3.8, 4) is 0 Å². The van der Waals surface area contributed by atoms with Gasteiger partial charge in [0.25, 0.3) is 0 Å². The summed E-state index contributed by atoms with van der Waals surface area (Å²) in [5.74, 6) is -1.27. The van der Waals surface area contributed by atoms with E-state index in [0.29, 0.717) is 11.1 Å². The summed E-state index contributed by atoms with van der Waals surface area (Å²) in [6, 6.07) is 19.4. The Balaban J connectivity index is 1.71. The Morgan fingerprint density at radius 1 is 1.00 bits per heavy atom. The first kappa shape index (κ1) is 19.3. The molecule has 0 aliphatic heterocycles. The maximum atomic E-state index is 13.9. The third-order valence-electron chi connectivity index (χ3n) is 6.21. The summed E-state index contributed by atoms with van der Waals surface area (Å²) in [6.07, 6.45) is 1.96. The summed E-state index contributed by atoms with van der Waals surface area (Å²) in [7, 11) is 0. The molecule has 154 valence electrons. The SMILES string of the molecule is CCn1c2ccccc2c2cc(/C=C3/C(C)=C(CC(=O)O)c4cc(F)ccc43)ccc21. The Kier molecular flexibility index (Phi) is 4.51. The van der Waals surface area contributed by atoms with Crippen LogP contribution in [0.3, 0.4) is 0 Å². The molecule has 0 bridgehead atoms. The minimum Gasteiger partial charge on any atom is -0.481 e. The number of aryl methyl sites for hydroxylation is 1. The zero-order chi connectivity index (χ0) is 21.7. The molecule has 0 saturated carbocycles. The fraction of sp³-hybridized carbons (Fsp3) is 0.148. The Morgan fingerprint density at radius 3 is 2.55 bits per heavy atom. The van der Waals surface area contributed by atoms with Crippen molar-refractivity contribution in [3.63, 3.8) is 0 Å². The number of aromatic nitrogens is 1. The van der Waals surface area contributed by atoms with Crippen molar-refractivity contribution in [2.24, 2.45) is 0 Å². The summed E-state index contributed by atoms with van der Waals surface area (Å²) in [5.41, 5.74) is 7.51. The molecule has 1 aromatic heterocycles. The zero-order valence-corrected chi connectivity index (χ0v) is 17.4. The van der Waals surface area contributed by atoms with Crippen molar-refractivity contribution in [2.75, 3.05) is 0 Å². The van der Waals surface area contributed by atoms with E-state index in [2.05, 4.69) is 60.0 Å². The van der Waals surface area contributed by atoms with E-state index >= 15 is 0 Å². The number of aliphatic carboxylic acids is 1. The minimum atomic E-state index is -0.917. The maximum absolute atomic E-state index is 13.9. The summed E-state index contributed by atoms with van der Waals surface area (Å²) >= 11 is 0. The van der Waals surface area contributed by atoms with Crippen LogP contribution in [0.25, 0.3) is 39.0 Å². The first-order valence-electron chi connectivity index (χ1n) is 10.4. The molecule has 0 amide bonds. The van der Waals surface area contributed by atoms with Gasteiger partial charge in [0, 0.05) is 28.4 Å². The molecule has 1 aliphatic carbocycles. The molecule has 31 heavy (non-hydrogen) atoms. The van der Waals surface area contributed by atoms with Crippen LogP contribution in [0.5, 0.6) is 0 Å². The lowest BCUT2D eigenvalue weighted by Gasteiger charge is -2.06. The van der Waals surface area contributed by atoms with Crippen LogP contribution in [0.2, 0.25) is 0 Å². The van der Waals surface area contributed by atoms with E-state index in [1.54, 1.807) is 6.07 Å². The lowest BCUT2D eigenvalue weighted by molar-refractivity contribution is -0.135. The Bertz CT molecular complexity index is 1440. The minimum absolute atomic E-state index is 0.122. The highest BCUT2D eigenvalue weighted by atomic mass is 19.1. The third kappa shape index (κ3) is 3.07. The predicted octanol–water partition coefficient (Wildman–Crippen LogP) is 6.76. The second kappa shape index (κ2) is 7.24. The number of benzene rings is 3. The molecule has 3 aromatic carbocycles. The van der Waals surface area contributed by atoms with Crippen molar-refractivity contribution >= 4 is 45.0 Å². The highest BCUT2D eigenvalue weighted by Gasteiger charge is 2.25. The predicted molar refractivity (Wildman–Crippen MR) is 124 cm³/mol. The summed E-state index contributed by atoms with van der Waals surface area (Å²) in [5, 5.41) is 11.8. The fourth-order valence-electron chi connectivity index (χ4n) is 4.80. The molecular formula is C27H22FNO2. The molecule has 0 atom stereocenters. The number of carboxylic acids is 1. The van der Waals surface area contributed by atoms with Gasteiger partial charge in [-0.25, -0.2) is 4.39 Å². The molecule has 4 heteroatoms. The summed E-state index contributed by atoms with van der Waals surface area (Å²) < 4.78 is 16.2. The standard InChI is InChI=1S/C27H22FNO2/c1-3-29-25-7-5-4-6-20(25)24-13-17(8-11-26(24)29)12-21-16(2)22(15-27(30)31)23-14-18(28)9-10-19(21)23/h4-14H,3,15H2,1-2H3,(H,30,31)/b21-12-. The average Bonchev–Trinajstić information content (AvgIpc) is 3.20. The molecular weight excluding hydrogens is 389 g/mol. The van der Waals surface area contributed by atoms with Crippen molar-refractivity contribution in [3.05, 3.63) is 88.7 Å². The number of carboxylic acid groups (broad SMARTS) is 1. The highest BCUT2D eigenvalue weighted by Crippen LogP contribution is 2.44. The largest absolute Gasteiger partial charge is 0.481 e. The van der Waals surface area contributed by atoms with Crippen LogP contribution < -0.4 is 0 Å². The van der Waals surface area contributed by atoms with Gasteiger partial charge in [-0.1, -0.05) is 30.3 Å². The molecule has 0 radical (unpaired) electrons. The molecule has 1 aliphatic rings. The van der Waals surface area contributed by atoms with Crippen LogP contribution in [0.1, 0.15) is 37.0 Å². The van der Waals surface area contributed by atoms with E-state index in [0.717, 1.165) is 28.8 Å². The number of nitrogens with zero attached hydrogens (tertiary/aromatic N) is 1. The quantitative estimate of drug-likeness (QED) is 0.403. The second-order valence-electron chi connectivity index (χ2n) is 7.96. The molecule has 1 heterocycles. The van der Waals surface area contributed by atoms with Gasteiger partial charge in [0.15, 0.2) is 0 Å². The number of hydrogen-bond acceptors (Lipinski definition) is 1. The monoisotopic (exact) mass is 411 g/mol. The van der Waals surface area contributed by atoms with Crippen LogP contribution in [-0.2, 0) is 11.3 Å². The number of halogens is 1. The number of rotatable bonds is 4. The van der Waals surface area contributed by atoms with E-state index in [1.165, 1.54) is 33.9 Å². The average molecular weight is 411 g/mol. The maximum Gasteiger partial charge on any atom is 0.307 e. The first-order valence-corrected chi connectivity index (χ1v) is 10.4. The van der Waals surface area contributed by atoms with Gasteiger partial charge >= 0.3 is 5.97 Å². The Labute approximate surface area is 179 Å². The van der Waals surface area contributed by atoms with Crippen molar-refractivity contribution in [1.29, 1.82) is 0 Å². The number of fused-ring (bicyclic) bond motifs is 4.